The topological polar surface area (TPSA) is 67.3 Å². The normalized spacial score (nSPS) is 18.4. The van der Waals surface area contributed by atoms with Crippen molar-refractivity contribution in [3.05, 3.63) is 71.3 Å². The van der Waals surface area contributed by atoms with Crippen LogP contribution in [0.3, 0.4) is 0 Å². The summed E-state index contributed by atoms with van der Waals surface area (Å²) in [5, 5.41) is 9.39. The third kappa shape index (κ3) is 6.63. The molecule has 2 saturated heterocycles. The molecule has 1 N–H and O–H groups in total. The van der Waals surface area contributed by atoms with E-state index in [4.69, 9.17) is 0 Å². The van der Waals surface area contributed by atoms with E-state index >= 15 is 0 Å². The van der Waals surface area contributed by atoms with Crippen LogP contribution < -0.4 is 0 Å². The Kier molecular flexibility index (Phi) is 8.10. The minimum absolute atomic E-state index is 0.207. The van der Waals surface area contributed by atoms with E-state index in [9.17, 15) is 14.7 Å². The molecule has 0 unspecified atom stereocenters. The number of carboxylic acid groups (broad SMARTS) is 1. The summed E-state index contributed by atoms with van der Waals surface area (Å²) in [6, 6.07) is 17.8. The number of carboxylic acids is 1. The number of nitrogens with zero attached hydrogens (tertiary/aromatic N) is 4. The molecule has 33 heavy (non-hydrogen) atoms. The van der Waals surface area contributed by atoms with Gasteiger partial charge in [-0.1, -0.05) is 48.5 Å². The number of hydrogen-bond donors (Lipinski definition) is 1. The van der Waals surface area contributed by atoms with Crippen LogP contribution in [0.25, 0.3) is 0 Å². The van der Waals surface area contributed by atoms with Crippen LogP contribution in [0.5, 0.6) is 0 Å². The highest BCUT2D eigenvalue weighted by Gasteiger charge is 2.25. The van der Waals surface area contributed by atoms with Crippen LogP contribution in [0, 0.1) is 0 Å². The quantitative estimate of drug-likeness (QED) is 0.663. The predicted molar refractivity (Wildman–Crippen MR) is 128 cm³/mol. The maximum atomic E-state index is 12.8. The molecule has 2 aliphatic heterocycles. The van der Waals surface area contributed by atoms with Crippen LogP contribution in [0.4, 0.5) is 0 Å². The standard InChI is InChI=1S/C26H34N4O3/c31-25(21-29-14-12-27(13-15-29)11-10-22-6-2-1-3-7-22)30-18-16-28(17-19-30)20-23-8-4-5-9-24(23)26(32)33/h1-9H,10-21H2,(H,32,33). The number of piperazine rings is 2. The lowest BCUT2D eigenvalue weighted by molar-refractivity contribution is -0.134. The highest BCUT2D eigenvalue weighted by Crippen LogP contribution is 2.14. The lowest BCUT2D eigenvalue weighted by Gasteiger charge is -2.38. The van der Waals surface area contributed by atoms with Gasteiger partial charge in [0.15, 0.2) is 0 Å². The zero-order chi connectivity index (χ0) is 23.0. The average molecular weight is 451 g/mol. The summed E-state index contributed by atoms with van der Waals surface area (Å²) in [4.78, 5) is 33.2. The number of carbonyl (C=O) groups is 2. The minimum atomic E-state index is -0.889. The Bertz CT molecular complexity index is 920. The first-order chi connectivity index (χ1) is 16.1. The van der Waals surface area contributed by atoms with Gasteiger partial charge >= 0.3 is 5.97 Å². The first-order valence-electron chi connectivity index (χ1n) is 11.9. The molecule has 176 valence electrons. The van der Waals surface area contributed by atoms with E-state index in [0.29, 0.717) is 31.7 Å². The van der Waals surface area contributed by atoms with E-state index in [0.717, 1.165) is 57.8 Å². The van der Waals surface area contributed by atoms with Crippen LogP contribution in [-0.4, -0.2) is 102 Å². The van der Waals surface area contributed by atoms with Gasteiger partial charge in [0.25, 0.3) is 0 Å². The van der Waals surface area contributed by atoms with Crippen molar-refractivity contribution in [1.29, 1.82) is 0 Å². The smallest absolute Gasteiger partial charge is 0.336 e. The van der Waals surface area contributed by atoms with E-state index in [1.807, 2.05) is 17.0 Å². The highest BCUT2D eigenvalue weighted by atomic mass is 16.4. The monoisotopic (exact) mass is 450 g/mol. The van der Waals surface area contributed by atoms with E-state index in [2.05, 4.69) is 45.0 Å². The number of carbonyl (C=O) groups excluding carboxylic acids is 1. The van der Waals surface area contributed by atoms with Gasteiger partial charge in [0.2, 0.25) is 5.91 Å². The lowest BCUT2D eigenvalue weighted by Crippen LogP contribution is -2.53. The van der Waals surface area contributed by atoms with Crippen LogP contribution in [0.15, 0.2) is 54.6 Å². The van der Waals surface area contributed by atoms with Gasteiger partial charge in [-0.2, -0.15) is 0 Å². The van der Waals surface area contributed by atoms with Crippen molar-refractivity contribution in [3.63, 3.8) is 0 Å². The number of benzene rings is 2. The van der Waals surface area contributed by atoms with Gasteiger partial charge in [-0.05, 0) is 23.6 Å². The molecule has 2 heterocycles. The summed E-state index contributed by atoms with van der Waals surface area (Å²) in [5.41, 5.74) is 2.56. The van der Waals surface area contributed by atoms with Crippen molar-refractivity contribution < 1.29 is 14.7 Å². The SMILES string of the molecule is O=C(O)c1ccccc1CN1CCN(C(=O)CN2CCN(CCc3ccccc3)CC2)CC1. The molecule has 4 rings (SSSR count). The molecule has 2 aromatic carbocycles. The molecule has 7 heteroatoms. The molecule has 0 aliphatic carbocycles. The summed E-state index contributed by atoms with van der Waals surface area (Å²) in [7, 11) is 0. The maximum absolute atomic E-state index is 12.8. The maximum Gasteiger partial charge on any atom is 0.336 e. The molecular weight excluding hydrogens is 416 g/mol. The number of rotatable bonds is 8. The molecule has 2 aliphatic rings. The molecule has 0 saturated carbocycles. The third-order valence-corrected chi connectivity index (χ3v) is 6.75. The molecule has 0 spiro atoms. The summed E-state index contributed by atoms with van der Waals surface area (Å²) >= 11 is 0. The Morgan fingerprint density at radius 3 is 2.03 bits per heavy atom. The molecule has 2 aromatic rings. The van der Waals surface area contributed by atoms with Gasteiger partial charge in [0.1, 0.15) is 0 Å². The zero-order valence-corrected chi connectivity index (χ0v) is 19.2. The van der Waals surface area contributed by atoms with Crippen LogP contribution in [-0.2, 0) is 17.8 Å². The second-order valence-corrected chi connectivity index (χ2v) is 8.97. The Hall–Kier alpha value is -2.74. The molecule has 0 aromatic heterocycles. The van der Waals surface area contributed by atoms with Crippen LogP contribution in [0.1, 0.15) is 21.5 Å². The molecule has 0 radical (unpaired) electrons. The van der Waals surface area contributed by atoms with E-state index in [1.165, 1.54) is 5.56 Å². The molecule has 0 atom stereocenters. The molecular formula is C26H34N4O3. The first-order valence-corrected chi connectivity index (χ1v) is 11.9. The second kappa shape index (κ2) is 11.4. The van der Waals surface area contributed by atoms with Crippen molar-refractivity contribution in [1.82, 2.24) is 19.6 Å². The van der Waals surface area contributed by atoms with E-state index < -0.39 is 5.97 Å². The summed E-state index contributed by atoms with van der Waals surface area (Å²) in [6.07, 6.45) is 1.07. The Balaban J connectivity index is 1.16. The van der Waals surface area contributed by atoms with Crippen molar-refractivity contribution in [2.24, 2.45) is 0 Å². The molecule has 0 bridgehead atoms. The van der Waals surface area contributed by atoms with Crippen LogP contribution in [0.2, 0.25) is 0 Å². The van der Waals surface area contributed by atoms with Crippen molar-refractivity contribution in [2.75, 3.05) is 65.4 Å². The van der Waals surface area contributed by atoms with Gasteiger partial charge in [0.05, 0.1) is 12.1 Å². The summed E-state index contributed by atoms with van der Waals surface area (Å²) < 4.78 is 0. The second-order valence-electron chi connectivity index (χ2n) is 8.97. The summed E-state index contributed by atoms with van der Waals surface area (Å²) in [6.45, 7) is 9.01. The number of hydrogen-bond acceptors (Lipinski definition) is 5. The molecule has 1 amide bonds. The molecule has 2 fully saturated rings. The lowest BCUT2D eigenvalue weighted by atomic mass is 10.1. The van der Waals surface area contributed by atoms with Crippen molar-refractivity contribution >= 4 is 11.9 Å². The van der Waals surface area contributed by atoms with Gasteiger partial charge in [-0.3, -0.25) is 14.6 Å². The zero-order valence-electron chi connectivity index (χ0n) is 19.2. The van der Waals surface area contributed by atoms with Crippen LogP contribution >= 0.6 is 0 Å². The Morgan fingerprint density at radius 2 is 1.33 bits per heavy atom. The summed E-state index contributed by atoms with van der Waals surface area (Å²) in [5.74, 6) is -0.683. The van der Waals surface area contributed by atoms with Gasteiger partial charge in [0, 0.05) is 65.4 Å². The number of aromatic carboxylic acids is 1. The Morgan fingerprint density at radius 1 is 0.727 bits per heavy atom. The van der Waals surface area contributed by atoms with Gasteiger partial charge in [-0.25, -0.2) is 4.79 Å². The molecule has 7 nitrogen and oxygen atoms in total. The van der Waals surface area contributed by atoms with E-state index in [1.54, 1.807) is 12.1 Å². The fraction of sp³-hybridized carbons (Fsp3) is 0.462. The highest BCUT2D eigenvalue weighted by molar-refractivity contribution is 5.89. The fourth-order valence-corrected chi connectivity index (χ4v) is 4.66. The van der Waals surface area contributed by atoms with Crippen molar-refractivity contribution in [3.8, 4) is 0 Å². The average Bonchev–Trinajstić information content (AvgIpc) is 2.85. The van der Waals surface area contributed by atoms with Crippen molar-refractivity contribution in [2.45, 2.75) is 13.0 Å². The minimum Gasteiger partial charge on any atom is -0.478 e. The number of amides is 1. The van der Waals surface area contributed by atoms with Gasteiger partial charge < -0.3 is 14.9 Å². The Labute approximate surface area is 196 Å². The third-order valence-electron chi connectivity index (χ3n) is 6.75. The predicted octanol–water partition coefficient (Wildman–Crippen LogP) is 1.89. The first kappa shape index (κ1) is 23.4. The van der Waals surface area contributed by atoms with Gasteiger partial charge in [-0.15, -0.1) is 0 Å². The van der Waals surface area contributed by atoms with E-state index in [-0.39, 0.29) is 5.91 Å². The largest absolute Gasteiger partial charge is 0.478 e. The fourth-order valence-electron chi connectivity index (χ4n) is 4.66.